The van der Waals surface area contributed by atoms with Gasteiger partial charge in [-0.25, -0.2) is 0 Å². The van der Waals surface area contributed by atoms with Crippen molar-refractivity contribution in [3.63, 3.8) is 0 Å². The van der Waals surface area contributed by atoms with Gasteiger partial charge in [0.15, 0.2) is 11.4 Å². The molecule has 14 atom stereocenters. The highest BCUT2D eigenvalue weighted by Gasteiger charge is 2.66. The molecule has 0 aromatic rings. The Morgan fingerprint density at radius 2 is 1.65 bits per heavy atom. The Morgan fingerprint density at radius 1 is 0.863 bits per heavy atom. The van der Waals surface area contributed by atoms with Crippen molar-refractivity contribution >= 4 is 17.7 Å². The fraction of sp³-hybridized carbons (Fsp3) is 0.761. The lowest BCUT2D eigenvalue weighted by atomic mass is 9.47. The van der Waals surface area contributed by atoms with Gasteiger partial charge in [-0.3, -0.25) is 14.4 Å². The molecule has 8 rings (SSSR count). The van der Waals surface area contributed by atoms with Crippen molar-refractivity contribution in [2.45, 2.75) is 149 Å². The molecule has 0 radical (unpaired) electrons. The van der Waals surface area contributed by atoms with Gasteiger partial charge in [0.1, 0.15) is 6.10 Å². The third-order valence-electron chi connectivity index (χ3n) is 17.1. The average Bonchev–Trinajstić information content (AvgIpc) is 3.60. The van der Waals surface area contributed by atoms with Crippen LogP contribution in [0.5, 0.6) is 0 Å². The number of carbonyl (C=O) groups is 3. The van der Waals surface area contributed by atoms with Crippen molar-refractivity contribution in [2.75, 3.05) is 0 Å². The minimum Gasteiger partial charge on any atom is -0.462 e. The monoisotopic (exact) mass is 694 g/mol. The third-order valence-corrected chi connectivity index (χ3v) is 17.1. The van der Waals surface area contributed by atoms with Crippen LogP contribution in [0.4, 0.5) is 0 Å². The number of terminal acetylenes is 1. The normalized spacial score (nSPS) is 46.8. The Hall–Kier alpha value is -2.61. The van der Waals surface area contributed by atoms with Gasteiger partial charge in [-0.05, 0) is 155 Å². The zero-order valence-corrected chi connectivity index (χ0v) is 31.9. The molecule has 8 aliphatic carbocycles. The summed E-state index contributed by atoms with van der Waals surface area (Å²) in [5, 5.41) is 0. The molecule has 0 aromatic heterocycles. The van der Waals surface area contributed by atoms with Gasteiger partial charge in [0.05, 0.1) is 12.8 Å². The molecule has 51 heavy (non-hydrogen) atoms. The predicted molar refractivity (Wildman–Crippen MR) is 199 cm³/mol. The molecule has 0 aliphatic heterocycles. The number of allylic oxidation sites excluding steroid dienone is 4. The summed E-state index contributed by atoms with van der Waals surface area (Å²) in [6, 6.07) is 0. The Bertz CT molecular complexity index is 1580. The van der Waals surface area contributed by atoms with E-state index >= 15 is 0 Å². The van der Waals surface area contributed by atoms with E-state index in [1.165, 1.54) is 24.0 Å². The van der Waals surface area contributed by atoms with E-state index in [1.54, 1.807) is 5.57 Å². The first-order chi connectivity index (χ1) is 24.4. The van der Waals surface area contributed by atoms with Crippen molar-refractivity contribution < 1.29 is 23.9 Å². The smallest absolute Gasteiger partial charge is 0.307 e. The van der Waals surface area contributed by atoms with E-state index in [0.717, 1.165) is 77.0 Å². The zero-order valence-electron chi connectivity index (χ0n) is 31.9. The van der Waals surface area contributed by atoms with E-state index in [-0.39, 0.29) is 41.7 Å². The lowest BCUT2D eigenvalue weighted by Gasteiger charge is -2.58. The Kier molecular flexibility index (Phi) is 9.07. The van der Waals surface area contributed by atoms with Gasteiger partial charge in [0.2, 0.25) is 0 Å². The van der Waals surface area contributed by atoms with Crippen LogP contribution in [0.15, 0.2) is 35.5 Å². The summed E-state index contributed by atoms with van der Waals surface area (Å²) in [7, 11) is 0. The van der Waals surface area contributed by atoms with Crippen LogP contribution < -0.4 is 0 Å². The molecule has 0 heterocycles. The van der Waals surface area contributed by atoms with E-state index in [0.29, 0.717) is 71.4 Å². The fourth-order valence-electron chi connectivity index (χ4n) is 15.2. The summed E-state index contributed by atoms with van der Waals surface area (Å²) >= 11 is 0. The van der Waals surface area contributed by atoms with Crippen LogP contribution in [0.3, 0.4) is 0 Å². The number of hydrogen-bond donors (Lipinski definition) is 0. The molecule has 0 N–H and O–H groups in total. The third kappa shape index (κ3) is 5.49. The quantitative estimate of drug-likeness (QED) is 0.205. The molecule has 276 valence electrons. The first-order valence-corrected chi connectivity index (χ1v) is 20.9. The van der Waals surface area contributed by atoms with Crippen LogP contribution in [-0.4, -0.2) is 29.4 Å². The summed E-state index contributed by atoms with van der Waals surface area (Å²) < 4.78 is 12.8. The first kappa shape index (κ1) is 35.4. The van der Waals surface area contributed by atoms with Crippen molar-refractivity contribution in [2.24, 2.45) is 70.0 Å². The van der Waals surface area contributed by atoms with Crippen LogP contribution in [0.1, 0.15) is 137 Å². The average molecular weight is 695 g/mol. The van der Waals surface area contributed by atoms with Gasteiger partial charge in [0, 0.05) is 17.3 Å². The number of ether oxygens (including phenoxy) is 2. The number of esters is 2. The second-order valence-electron chi connectivity index (χ2n) is 19.0. The van der Waals surface area contributed by atoms with Gasteiger partial charge < -0.3 is 9.47 Å². The molecule has 8 aliphatic rings. The summed E-state index contributed by atoms with van der Waals surface area (Å²) in [4.78, 5) is 39.4. The number of ketones is 1. The second-order valence-corrected chi connectivity index (χ2v) is 19.0. The number of carbonyl (C=O) groups excluding carboxylic acids is 3. The summed E-state index contributed by atoms with van der Waals surface area (Å²) in [5.74, 6) is 8.54. The molecule has 6 fully saturated rings. The van der Waals surface area contributed by atoms with Crippen LogP contribution in [0.2, 0.25) is 0 Å². The Labute approximate surface area is 307 Å². The lowest BCUT2D eigenvalue weighted by molar-refractivity contribution is -0.176. The molecule has 0 aromatic carbocycles. The maximum absolute atomic E-state index is 13.6. The number of hydrogen-bond acceptors (Lipinski definition) is 5. The molecular weight excluding hydrogens is 633 g/mol. The van der Waals surface area contributed by atoms with E-state index in [9.17, 15) is 14.4 Å². The molecule has 0 spiro atoms. The maximum Gasteiger partial charge on any atom is 0.307 e. The van der Waals surface area contributed by atoms with Crippen molar-refractivity contribution in [3.8, 4) is 12.3 Å². The fourth-order valence-corrected chi connectivity index (χ4v) is 15.2. The van der Waals surface area contributed by atoms with E-state index in [4.69, 9.17) is 15.9 Å². The lowest BCUT2D eigenvalue weighted by Crippen LogP contribution is -2.55. The van der Waals surface area contributed by atoms with Gasteiger partial charge in [-0.15, -0.1) is 6.42 Å². The molecule has 6 saturated carbocycles. The number of rotatable bonds is 6. The van der Waals surface area contributed by atoms with Gasteiger partial charge in [-0.1, -0.05) is 63.0 Å². The highest BCUT2D eigenvalue weighted by Crippen LogP contribution is 2.68. The van der Waals surface area contributed by atoms with Crippen molar-refractivity contribution in [1.29, 1.82) is 0 Å². The first-order valence-electron chi connectivity index (χ1n) is 20.9. The van der Waals surface area contributed by atoms with Crippen LogP contribution in [0.25, 0.3) is 0 Å². The largest absolute Gasteiger partial charge is 0.462 e. The SMILES string of the molecule is C#C[C@]1(OC(=O)CCC(=O)O[C@H]2CCC3C4C(C5CCC(=O)C=C5C[C@H]4C)[C@@H](C)C[C@@]32C)CCC2C3CCC4=CC(=C)CCC4C3CC[C@@]21CC. The Balaban J connectivity index is 0.901. The van der Waals surface area contributed by atoms with E-state index in [2.05, 4.69) is 46.3 Å². The molecule has 5 nitrogen and oxygen atoms in total. The van der Waals surface area contributed by atoms with Gasteiger partial charge in [0.25, 0.3) is 0 Å². The maximum atomic E-state index is 13.6. The number of fused-ring (bicyclic) bond motifs is 10. The summed E-state index contributed by atoms with van der Waals surface area (Å²) in [6.07, 6.45) is 25.9. The van der Waals surface area contributed by atoms with Crippen molar-refractivity contribution in [1.82, 2.24) is 0 Å². The van der Waals surface area contributed by atoms with E-state index in [1.807, 2.05) is 6.08 Å². The van der Waals surface area contributed by atoms with E-state index < -0.39 is 5.60 Å². The minimum atomic E-state index is -0.895. The molecule has 5 heteroatoms. The topological polar surface area (TPSA) is 69.7 Å². The molecule has 0 amide bonds. The van der Waals surface area contributed by atoms with Crippen LogP contribution >= 0.6 is 0 Å². The van der Waals surface area contributed by atoms with Crippen LogP contribution in [0, 0.1) is 82.4 Å². The Morgan fingerprint density at radius 3 is 2.43 bits per heavy atom. The van der Waals surface area contributed by atoms with Crippen molar-refractivity contribution in [3.05, 3.63) is 35.5 Å². The molecule has 8 unspecified atom stereocenters. The van der Waals surface area contributed by atoms with Crippen LogP contribution in [-0.2, 0) is 23.9 Å². The molecule has 0 bridgehead atoms. The molecular formula is C46H62O5. The second kappa shape index (κ2) is 13.1. The highest BCUT2D eigenvalue weighted by atomic mass is 16.6. The van der Waals surface area contributed by atoms with Gasteiger partial charge >= 0.3 is 11.9 Å². The standard InChI is InChI=1S/C46H62O5/c1-7-45-21-19-35-33-12-9-27(3)23-30(33)10-13-36(35)37(45)20-22-46(45,8-2)51-41(49)18-17-40(48)50-39-16-15-38-43-28(4)24-31-25-32(47)11-14-34(31)42(43)29(5)26-44(38,39)6/h2,23,25,28-29,33-39,42-43H,3,7,9-22,24,26H2,1,4-6H3/t28-,29+,33?,34?,35?,36?,37?,38?,39+,42?,43?,44+,45+,46+/m1/s1. The minimum absolute atomic E-state index is 0.0133. The zero-order chi connectivity index (χ0) is 35.9. The molecule has 0 saturated heterocycles. The summed E-state index contributed by atoms with van der Waals surface area (Å²) in [6.45, 7) is 13.7. The van der Waals surface area contributed by atoms with Gasteiger partial charge in [-0.2, -0.15) is 0 Å². The summed E-state index contributed by atoms with van der Waals surface area (Å²) in [5.41, 5.74) is 3.16. The predicted octanol–water partition coefficient (Wildman–Crippen LogP) is 9.75. The highest BCUT2D eigenvalue weighted by molar-refractivity contribution is 5.91.